The number of carbonyl (C=O) groups is 3. The number of amides is 3. The second kappa shape index (κ2) is 8.86. The van der Waals surface area contributed by atoms with Crippen LogP contribution < -0.4 is 10.6 Å². The van der Waals surface area contributed by atoms with Crippen LogP contribution in [-0.4, -0.2) is 55.1 Å². The Morgan fingerprint density at radius 1 is 1.09 bits per heavy atom. The Morgan fingerprint density at radius 3 is 2.35 bits per heavy atom. The molecule has 0 radical (unpaired) electrons. The maximum atomic E-state index is 11.9. The van der Waals surface area contributed by atoms with Gasteiger partial charge in [-0.1, -0.05) is 12.8 Å². The standard InChI is InChI=1S/C16H27N3O4/c1-2-23-15(21)12-7-9-19(10-8-12)11-14(20)18-16(22)17-13-5-3-4-6-13/h12-13H,2-11H2,1H3,(H2,17,18,20,22). The van der Waals surface area contributed by atoms with Crippen LogP contribution >= 0.6 is 0 Å². The summed E-state index contributed by atoms with van der Waals surface area (Å²) in [5.41, 5.74) is 0. The molecule has 0 aromatic heterocycles. The summed E-state index contributed by atoms with van der Waals surface area (Å²) < 4.78 is 5.02. The van der Waals surface area contributed by atoms with Crippen molar-refractivity contribution < 1.29 is 19.1 Å². The third-order valence-electron chi connectivity index (χ3n) is 4.52. The summed E-state index contributed by atoms with van der Waals surface area (Å²) in [7, 11) is 0. The van der Waals surface area contributed by atoms with Crippen LogP contribution in [0.3, 0.4) is 0 Å². The lowest BCUT2D eigenvalue weighted by atomic mass is 9.97. The second-order valence-corrected chi connectivity index (χ2v) is 6.31. The van der Waals surface area contributed by atoms with Crippen LogP contribution in [0.25, 0.3) is 0 Å². The summed E-state index contributed by atoms with van der Waals surface area (Å²) in [6.45, 7) is 3.72. The van der Waals surface area contributed by atoms with Gasteiger partial charge in [0.15, 0.2) is 0 Å². The zero-order valence-corrected chi connectivity index (χ0v) is 13.8. The van der Waals surface area contributed by atoms with E-state index in [0.717, 1.165) is 25.7 Å². The summed E-state index contributed by atoms with van der Waals surface area (Å²) in [6.07, 6.45) is 5.63. The number of imide groups is 1. The van der Waals surface area contributed by atoms with Crippen molar-refractivity contribution in [1.29, 1.82) is 0 Å². The van der Waals surface area contributed by atoms with Gasteiger partial charge in [0.05, 0.1) is 19.1 Å². The molecular weight excluding hydrogens is 298 g/mol. The molecule has 1 aliphatic carbocycles. The zero-order valence-electron chi connectivity index (χ0n) is 13.8. The highest BCUT2D eigenvalue weighted by Gasteiger charge is 2.27. The molecule has 2 rings (SSSR count). The fourth-order valence-electron chi connectivity index (χ4n) is 3.25. The SMILES string of the molecule is CCOC(=O)C1CCN(CC(=O)NC(=O)NC2CCCC2)CC1. The molecule has 3 amide bonds. The van der Waals surface area contributed by atoms with E-state index in [0.29, 0.717) is 32.5 Å². The molecule has 23 heavy (non-hydrogen) atoms. The van der Waals surface area contributed by atoms with Crippen LogP contribution in [0.4, 0.5) is 4.79 Å². The smallest absolute Gasteiger partial charge is 0.321 e. The number of carbonyl (C=O) groups excluding carboxylic acids is 3. The van der Waals surface area contributed by atoms with Gasteiger partial charge < -0.3 is 10.1 Å². The number of ether oxygens (including phenoxy) is 1. The first kappa shape index (κ1) is 17.7. The van der Waals surface area contributed by atoms with Crippen molar-refractivity contribution in [1.82, 2.24) is 15.5 Å². The predicted octanol–water partition coefficient (Wildman–Crippen LogP) is 1.03. The van der Waals surface area contributed by atoms with Crippen LogP contribution in [0.1, 0.15) is 45.4 Å². The fourth-order valence-corrected chi connectivity index (χ4v) is 3.25. The quantitative estimate of drug-likeness (QED) is 0.737. The van der Waals surface area contributed by atoms with Crippen molar-refractivity contribution in [2.75, 3.05) is 26.2 Å². The van der Waals surface area contributed by atoms with E-state index in [1.54, 1.807) is 6.92 Å². The first-order valence-electron chi connectivity index (χ1n) is 8.57. The van der Waals surface area contributed by atoms with Crippen LogP contribution in [0, 0.1) is 5.92 Å². The van der Waals surface area contributed by atoms with Gasteiger partial charge in [-0.25, -0.2) is 4.79 Å². The van der Waals surface area contributed by atoms with Crippen molar-refractivity contribution in [3.8, 4) is 0 Å². The van der Waals surface area contributed by atoms with Gasteiger partial charge in [-0.3, -0.25) is 19.8 Å². The maximum absolute atomic E-state index is 11.9. The van der Waals surface area contributed by atoms with Crippen molar-refractivity contribution in [3.63, 3.8) is 0 Å². The van der Waals surface area contributed by atoms with Crippen molar-refractivity contribution in [2.45, 2.75) is 51.5 Å². The molecule has 1 saturated carbocycles. The second-order valence-electron chi connectivity index (χ2n) is 6.31. The van der Waals surface area contributed by atoms with Crippen molar-refractivity contribution >= 4 is 17.9 Å². The maximum Gasteiger partial charge on any atom is 0.321 e. The van der Waals surface area contributed by atoms with Crippen LogP contribution in [0.15, 0.2) is 0 Å². The summed E-state index contributed by atoms with van der Waals surface area (Å²) >= 11 is 0. The molecule has 130 valence electrons. The van der Waals surface area contributed by atoms with E-state index in [4.69, 9.17) is 4.74 Å². The number of urea groups is 1. The number of hydrogen-bond acceptors (Lipinski definition) is 5. The molecule has 1 heterocycles. The highest BCUT2D eigenvalue weighted by atomic mass is 16.5. The van der Waals surface area contributed by atoms with Gasteiger partial charge in [0.1, 0.15) is 0 Å². The topological polar surface area (TPSA) is 87.7 Å². The van der Waals surface area contributed by atoms with E-state index >= 15 is 0 Å². The molecule has 0 spiro atoms. The Morgan fingerprint density at radius 2 is 1.74 bits per heavy atom. The van der Waals surface area contributed by atoms with E-state index in [9.17, 15) is 14.4 Å². The zero-order chi connectivity index (χ0) is 16.7. The van der Waals surface area contributed by atoms with Gasteiger partial charge in [0, 0.05) is 6.04 Å². The largest absolute Gasteiger partial charge is 0.466 e. The Labute approximate surface area is 137 Å². The molecule has 0 atom stereocenters. The van der Waals surface area contributed by atoms with Crippen LogP contribution in [-0.2, 0) is 14.3 Å². The van der Waals surface area contributed by atoms with Gasteiger partial charge in [-0.05, 0) is 45.7 Å². The lowest BCUT2D eigenvalue weighted by molar-refractivity contribution is -0.149. The van der Waals surface area contributed by atoms with E-state index in [2.05, 4.69) is 10.6 Å². The number of likely N-dealkylation sites (tertiary alicyclic amines) is 1. The molecule has 1 aliphatic heterocycles. The predicted molar refractivity (Wildman–Crippen MR) is 84.7 cm³/mol. The Kier molecular flexibility index (Phi) is 6.83. The van der Waals surface area contributed by atoms with Crippen LogP contribution in [0.2, 0.25) is 0 Å². The first-order valence-corrected chi connectivity index (χ1v) is 8.57. The van der Waals surface area contributed by atoms with Gasteiger partial charge >= 0.3 is 12.0 Å². The molecular formula is C16H27N3O4. The first-order chi connectivity index (χ1) is 11.1. The van der Waals surface area contributed by atoms with Crippen LogP contribution in [0.5, 0.6) is 0 Å². The number of hydrogen-bond donors (Lipinski definition) is 2. The third-order valence-corrected chi connectivity index (χ3v) is 4.52. The minimum absolute atomic E-state index is 0.0695. The average Bonchev–Trinajstić information content (AvgIpc) is 3.00. The minimum atomic E-state index is -0.400. The number of nitrogens with zero attached hydrogens (tertiary/aromatic N) is 1. The summed E-state index contributed by atoms with van der Waals surface area (Å²) in [5, 5.41) is 5.22. The Balaban J connectivity index is 1.64. The highest BCUT2D eigenvalue weighted by Crippen LogP contribution is 2.18. The Hall–Kier alpha value is -1.63. The Bertz CT molecular complexity index is 427. The fraction of sp³-hybridized carbons (Fsp3) is 0.812. The molecule has 0 unspecified atom stereocenters. The molecule has 7 nitrogen and oxygen atoms in total. The van der Waals surface area contributed by atoms with Crippen molar-refractivity contribution in [3.05, 3.63) is 0 Å². The summed E-state index contributed by atoms with van der Waals surface area (Å²) in [6, 6.07) is -0.202. The lowest BCUT2D eigenvalue weighted by Crippen LogP contribution is -2.48. The van der Waals surface area contributed by atoms with Crippen molar-refractivity contribution in [2.24, 2.45) is 5.92 Å². The van der Waals surface area contributed by atoms with E-state index < -0.39 is 6.03 Å². The number of rotatable bonds is 5. The monoisotopic (exact) mass is 325 g/mol. The molecule has 0 aromatic rings. The third kappa shape index (κ3) is 5.82. The molecule has 0 bridgehead atoms. The lowest BCUT2D eigenvalue weighted by Gasteiger charge is -2.30. The van der Waals surface area contributed by atoms with E-state index in [1.165, 1.54) is 0 Å². The molecule has 7 heteroatoms. The molecule has 2 N–H and O–H groups in total. The molecule has 2 aliphatic rings. The average molecular weight is 325 g/mol. The number of esters is 1. The van der Waals surface area contributed by atoms with Gasteiger partial charge in [-0.2, -0.15) is 0 Å². The van der Waals surface area contributed by atoms with Gasteiger partial charge in [0.25, 0.3) is 0 Å². The molecule has 1 saturated heterocycles. The van der Waals surface area contributed by atoms with E-state index in [1.807, 2.05) is 4.90 Å². The number of nitrogens with one attached hydrogen (secondary N) is 2. The van der Waals surface area contributed by atoms with Gasteiger partial charge in [-0.15, -0.1) is 0 Å². The summed E-state index contributed by atoms with van der Waals surface area (Å²) in [4.78, 5) is 37.3. The molecule has 0 aromatic carbocycles. The normalized spacial score (nSPS) is 20.2. The summed E-state index contributed by atoms with van der Waals surface area (Å²) in [5.74, 6) is -0.512. The minimum Gasteiger partial charge on any atom is -0.466 e. The van der Waals surface area contributed by atoms with E-state index in [-0.39, 0.29) is 30.4 Å². The molecule has 2 fully saturated rings. The highest BCUT2D eigenvalue weighted by molar-refractivity contribution is 5.95. The van der Waals surface area contributed by atoms with Gasteiger partial charge in [0.2, 0.25) is 5.91 Å². The number of piperidine rings is 1.